The second kappa shape index (κ2) is 2.14. The van der Waals surface area contributed by atoms with Crippen molar-refractivity contribution >= 4 is 10.9 Å². The van der Waals surface area contributed by atoms with E-state index in [4.69, 9.17) is 9.63 Å². The van der Waals surface area contributed by atoms with Crippen molar-refractivity contribution in [2.45, 2.75) is 0 Å². The summed E-state index contributed by atoms with van der Waals surface area (Å²) in [6, 6.07) is 4.48. The highest BCUT2D eigenvalue weighted by atomic mass is 16.5. The zero-order chi connectivity index (χ0) is 8.72. The Balaban J connectivity index is 3.00. The number of fused-ring (bicyclic) bond motifs is 1. The first-order chi connectivity index (χ1) is 5.68. The minimum absolute atomic E-state index is 0.124. The summed E-state index contributed by atoms with van der Waals surface area (Å²) in [5.74, 6) is 0.124. The minimum atomic E-state index is -0.382. The molecule has 0 unspecified atom stereocenters. The van der Waals surface area contributed by atoms with Crippen molar-refractivity contribution in [3.63, 3.8) is 0 Å². The van der Waals surface area contributed by atoms with Gasteiger partial charge >= 0.3 is 5.63 Å². The number of aromatic nitrogens is 1. The third-order valence-electron chi connectivity index (χ3n) is 1.76. The molecular weight excluding hydrogens is 158 g/mol. The minimum Gasteiger partial charge on any atom is -0.508 e. The molecule has 62 valence electrons. The first kappa shape index (κ1) is 6.97. The number of aryl methyl sites for hydroxylation is 1. The Morgan fingerprint density at radius 1 is 1.50 bits per heavy atom. The van der Waals surface area contributed by atoms with E-state index in [1.54, 1.807) is 7.05 Å². The number of phenolic OH excluding ortho intramolecular Hbond substituents is 1. The van der Waals surface area contributed by atoms with Crippen molar-refractivity contribution in [1.82, 2.24) is 4.74 Å². The Morgan fingerprint density at radius 3 is 3.00 bits per heavy atom. The molecule has 1 aromatic heterocycles. The van der Waals surface area contributed by atoms with E-state index >= 15 is 0 Å². The molecule has 0 saturated heterocycles. The predicted octanol–water partition coefficient (Wildman–Crippen LogP) is 0.837. The fourth-order valence-corrected chi connectivity index (χ4v) is 1.18. The summed E-state index contributed by atoms with van der Waals surface area (Å²) >= 11 is 0. The van der Waals surface area contributed by atoms with Gasteiger partial charge in [0.2, 0.25) is 0 Å². The van der Waals surface area contributed by atoms with Crippen LogP contribution in [0, 0.1) is 0 Å². The van der Waals surface area contributed by atoms with E-state index < -0.39 is 0 Å². The lowest BCUT2D eigenvalue weighted by Gasteiger charge is -1.92. The molecule has 0 aliphatic heterocycles. The van der Waals surface area contributed by atoms with Crippen molar-refractivity contribution in [2.24, 2.45) is 7.05 Å². The Kier molecular flexibility index (Phi) is 1.24. The topological polar surface area (TPSA) is 55.4 Å². The SMILES string of the molecule is Cn1oc(=O)c2ccc(O)cc21. The largest absolute Gasteiger partial charge is 0.508 e. The lowest BCUT2D eigenvalue weighted by atomic mass is 10.2. The van der Waals surface area contributed by atoms with Crippen LogP contribution in [0.1, 0.15) is 0 Å². The maximum Gasteiger partial charge on any atom is 0.365 e. The summed E-state index contributed by atoms with van der Waals surface area (Å²) < 4.78 is 6.10. The fraction of sp³-hybridized carbons (Fsp3) is 0.125. The number of phenols is 1. The molecule has 2 aromatic rings. The molecular formula is C8H7NO3. The maximum atomic E-state index is 11.0. The molecule has 0 aliphatic carbocycles. The highest BCUT2D eigenvalue weighted by molar-refractivity contribution is 5.78. The molecule has 0 radical (unpaired) electrons. The molecule has 2 rings (SSSR count). The lowest BCUT2D eigenvalue weighted by molar-refractivity contribution is 0.296. The molecule has 0 fully saturated rings. The van der Waals surface area contributed by atoms with Crippen molar-refractivity contribution in [3.8, 4) is 5.75 Å². The summed E-state index contributed by atoms with van der Waals surface area (Å²) in [6.07, 6.45) is 0. The lowest BCUT2D eigenvalue weighted by Crippen LogP contribution is -1.90. The monoisotopic (exact) mass is 165 g/mol. The maximum absolute atomic E-state index is 11.0. The number of benzene rings is 1. The number of hydrogen-bond donors (Lipinski definition) is 1. The van der Waals surface area contributed by atoms with Gasteiger partial charge in [-0.05, 0) is 12.1 Å². The Bertz CT molecular complexity index is 480. The van der Waals surface area contributed by atoms with E-state index in [1.807, 2.05) is 0 Å². The van der Waals surface area contributed by atoms with E-state index in [2.05, 4.69) is 0 Å². The van der Waals surface area contributed by atoms with Gasteiger partial charge in [0.15, 0.2) is 0 Å². The molecule has 4 nitrogen and oxygen atoms in total. The third kappa shape index (κ3) is 0.812. The molecule has 0 bridgehead atoms. The molecule has 0 spiro atoms. The smallest absolute Gasteiger partial charge is 0.365 e. The van der Waals surface area contributed by atoms with Gasteiger partial charge in [-0.3, -0.25) is 0 Å². The molecule has 0 amide bonds. The first-order valence-corrected chi connectivity index (χ1v) is 3.47. The highest BCUT2D eigenvalue weighted by Crippen LogP contribution is 2.16. The Morgan fingerprint density at radius 2 is 2.25 bits per heavy atom. The second-order valence-corrected chi connectivity index (χ2v) is 2.58. The molecule has 1 N–H and O–H groups in total. The second-order valence-electron chi connectivity index (χ2n) is 2.58. The zero-order valence-electron chi connectivity index (χ0n) is 6.44. The van der Waals surface area contributed by atoms with Crippen LogP contribution in [0.2, 0.25) is 0 Å². The molecule has 1 aromatic carbocycles. The Hall–Kier alpha value is -1.71. The van der Waals surface area contributed by atoms with Crippen molar-refractivity contribution < 1.29 is 9.63 Å². The number of rotatable bonds is 0. The molecule has 1 heterocycles. The van der Waals surface area contributed by atoms with Gasteiger partial charge in [0.1, 0.15) is 5.75 Å². The summed E-state index contributed by atoms with van der Waals surface area (Å²) in [6.45, 7) is 0. The number of aromatic hydroxyl groups is 1. The predicted molar refractivity (Wildman–Crippen MR) is 43.1 cm³/mol. The highest BCUT2D eigenvalue weighted by Gasteiger charge is 2.05. The fourth-order valence-electron chi connectivity index (χ4n) is 1.18. The number of hydrogen-bond acceptors (Lipinski definition) is 3. The molecule has 0 saturated carbocycles. The van der Waals surface area contributed by atoms with E-state index in [0.717, 1.165) is 0 Å². The third-order valence-corrected chi connectivity index (χ3v) is 1.76. The van der Waals surface area contributed by atoms with E-state index in [9.17, 15) is 4.79 Å². The van der Waals surface area contributed by atoms with E-state index in [0.29, 0.717) is 10.9 Å². The van der Waals surface area contributed by atoms with Crippen LogP contribution in [0.3, 0.4) is 0 Å². The summed E-state index contributed by atoms with van der Waals surface area (Å²) in [5, 5.41) is 9.59. The van der Waals surface area contributed by atoms with Crippen molar-refractivity contribution in [3.05, 3.63) is 28.6 Å². The van der Waals surface area contributed by atoms with Gasteiger partial charge in [-0.15, -0.1) is 0 Å². The average molecular weight is 165 g/mol. The van der Waals surface area contributed by atoms with Gasteiger partial charge in [-0.2, -0.15) is 0 Å². The van der Waals surface area contributed by atoms with Gasteiger partial charge in [0.25, 0.3) is 0 Å². The van der Waals surface area contributed by atoms with Crippen LogP contribution >= 0.6 is 0 Å². The van der Waals surface area contributed by atoms with Gasteiger partial charge in [0.05, 0.1) is 10.9 Å². The zero-order valence-corrected chi connectivity index (χ0v) is 6.44. The Labute approximate surface area is 67.6 Å². The van der Waals surface area contributed by atoms with E-state index in [1.165, 1.54) is 22.9 Å². The van der Waals surface area contributed by atoms with Crippen molar-refractivity contribution in [1.29, 1.82) is 0 Å². The van der Waals surface area contributed by atoms with Crippen LogP contribution in [-0.4, -0.2) is 9.85 Å². The van der Waals surface area contributed by atoms with Crippen molar-refractivity contribution in [2.75, 3.05) is 0 Å². The van der Waals surface area contributed by atoms with Crippen LogP contribution in [0.4, 0.5) is 0 Å². The van der Waals surface area contributed by atoms with Crippen LogP contribution in [0.15, 0.2) is 27.5 Å². The standard InChI is InChI=1S/C8H7NO3/c1-9-7-4-5(10)2-3-6(7)8(11)12-9/h2-4,10H,1H3. The molecule has 4 heteroatoms. The summed E-state index contributed by atoms with van der Waals surface area (Å²) in [7, 11) is 1.61. The first-order valence-electron chi connectivity index (χ1n) is 3.47. The summed E-state index contributed by atoms with van der Waals surface area (Å²) in [4.78, 5) is 11.0. The summed E-state index contributed by atoms with van der Waals surface area (Å²) in [5.41, 5.74) is 0.215. The molecule has 0 atom stereocenters. The average Bonchev–Trinajstić information content (AvgIpc) is 2.28. The quantitative estimate of drug-likeness (QED) is 0.629. The van der Waals surface area contributed by atoms with Gasteiger partial charge in [-0.25, -0.2) is 9.53 Å². The van der Waals surface area contributed by atoms with Crippen LogP contribution in [0.5, 0.6) is 5.75 Å². The number of nitrogens with zero attached hydrogens (tertiary/aromatic N) is 1. The van der Waals surface area contributed by atoms with Gasteiger partial charge < -0.3 is 9.63 Å². The van der Waals surface area contributed by atoms with Gasteiger partial charge in [0, 0.05) is 13.1 Å². The van der Waals surface area contributed by atoms with Crippen LogP contribution < -0.4 is 5.63 Å². The van der Waals surface area contributed by atoms with Crippen LogP contribution in [-0.2, 0) is 7.05 Å². The molecule has 0 aliphatic rings. The molecule has 12 heavy (non-hydrogen) atoms. The van der Waals surface area contributed by atoms with Gasteiger partial charge in [-0.1, -0.05) is 0 Å². The van der Waals surface area contributed by atoms with E-state index in [-0.39, 0.29) is 11.4 Å². The normalized spacial score (nSPS) is 10.8. The van der Waals surface area contributed by atoms with Crippen LogP contribution in [0.25, 0.3) is 10.9 Å².